The van der Waals surface area contributed by atoms with Gasteiger partial charge in [0.1, 0.15) is 6.54 Å². The molecule has 2 rings (SSSR count). The molecule has 0 spiro atoms. The Hall–Kier alpha value is -2.00. The molecule has 3 heteroatoms. The number of aryl methyl sites for hydroxylation is 1. The van der Waals surface area contributed by atoms with E-state index in [1.165, 1.54) is 11.1 Å². The van der Waals surface area contributed by atoms with Crippen molar-refractivity contribution in [2.45, 2.75) is 26.3 Å². The van der Waals surface area contributed by atoms with Gasteiger partial charge in [0.15, 0.2) is 0 Å². The molecule has 0 aliphatic rings. The number of nitrogens with two attached hydrogens (primary N) is 2. The first-order chi connectivity index (χ1) is 10.5. The Kier molecular flexibility index (Phi) is 5.45. The van der Waals surface area contributed by atoms with E-state index in [0.717, 1.165) is 48.3 Å². The van der Waals surface area contributed by atoms with Crippen LogP contribution in [0.15, 0.2) is 48.5 Å². The van der Waals surface area contributed by atoms with Gasteiger partial charge in [-0.2, -0.15) is 0 Å². The maximum absolute atomic E-state index is 6.03. The van der Waals surface area contributed by atoms with Crippen molar-refractivity contribution in [3.63, 3.8) is 0 Å². The van der Waals surface area contributed by atoms with Gasteiger partial charge in [0.2, 0.25) is 0 Å². The van der Waals surface area contributed by atoms with Gasteiger partial charge in [-0.25, -0.2) is 0 Å². The normalized spacial score (nSPS) is 13.7. The Balaban J connectivity index is 1.94. The summed E-state index contributed by atoms with van der Waals surface area (Å²) in [4.78, 5) is 0. The maximum Gasteiger partial charge on any atom is 0.104 e. The summed E-state index contributed by atoms with van der Waals surface area (Å²) in [5.41, 5.74) is 16.1. The predicted molar refractivity (Wildman–Crippen MR) is 95.3 cm³/mol. The molecule has 2 aromatic rings. The summed E-state index contributed by atoms with van der Waals surface area (Å²) < 4.78 is 1.05. The highest BCUT2D eigenvalue weighted by atomic mass is 15.3. The van der Waals surface area contributed by atoms with Crippen LogP contribution in [0.1, 0.15) is 24.5 Å². The highest BCUT2D eigenvalue weighted by Crippen LogP contribution is 2.19. The second-order valence-electron chi connectivity index (χ2n) is 6.36. The molecule has 0 aliphatic carbocycles. The molecule has 0 aromatic heterocycles. The molecule has 4 N–H and O–H groups in total. The van der Waals surface area contributed by atoms with Gasteiger partial charge >= 0.3 is 0 Å². The molecule has 0 fully saturated rings. The number of quaternary nitrogens is 1. The zero-order valence-electron chi connectivity index (χ0n) is 13.8. The molecule has 1 atom stereocenters. The van der Waals surface area contributed by atoms with E-state index in [-0.39, 0.29) is 0 Å². The third-order valence-corrected chi connectivity index (χ3v) is 4.48. The Morgan fingerprint density at radius 2 is 1.73 bits per heavy atom. The highest BCUT2D eigenvalue weighted by molar-refractivity contribution is 5.55. The minimum absolute atomic E-state index is 0.793. The van der Waals surface area contributed by atoms with Crippen molar-refractivity contribution < 1.29 is 4.48 Å². The van der Waals surface area contributed by atoms with E-state index in [9.17, 15) is 0 Å². The van der Waals surface area contributed by atoms with Gasteiger partial charge in [0.25, 0.3) is 0 Å². The fourth-order valence-corrected chi connectivity index (χ4v) is 2.87. The molecule has 0 heterocycles. The van der Waals surface area contributed by atoms with Crippen LogP contribution < -0.4 is 11.5 Å². The molecular weight excluding hydrogens is 270 g/mol. The average Bonchev–Trinajstić information content (AvgIpc) is 2.52. The summed E-state index contributed by atoms with van der Waals surface area (Å²) in [6, 6.07) is 16.5. The highest BCUT2D eigenvalue weighted by Gasteiger charge is 2.19. The number of rotatable bonds is 7. The Labute approximate surface area is 134 Å². The van der Waals surface area contributed by atoms with Crippen LogP contribution in [0, 0.1) is 0 Å². The van der Waals surface area contributed by atoms with E-state index in [1.807, 2.05) is 18.2 Å². The van der Waals surface area contributed by atoms with Gasteiger partial charge in [-0.3, -0.25) is 0 Å². The van der Waals surface area contributed by atoms with Crippen LogP contribution in [0.2, 0.25) is 0 Å². The summed E-state index contributed by atoms with van der Waals surface area (Å²) in [6.45, 7) is 5.60. The SMILES string of the molecule is CC[N+](C)(CCCc1cc(N)ccc1N)Cc1ccccc1. The van der Waals surface area contributed by atoms with Crippen LogP contribution in [-0.4, -0.2) is 24.6 Å². The minimum Gasteiger partial charge on any atom is -0.399 e. The van der Waals surface area contributed by atoms with E-state index in [4.69, 9.17) is 11.5 Å². The summed E-state index contributed by atoms with van der Waals surface area (Å²) in [5.74, 6) is 0. The van der Waals surface area contributed by atoms with Crippen molar-refractivity contribution in [2.75, 3.05) is 31.6 Å². The van der Waals surface area contributed by atoms with Gasteiger partial charge in [0.05, 0.1) is 20.1 Å². The quantitative estimate of drug-likeness (QED) is 0.607. The fourth-order valence-electron chi connectivity index (χ4n) is 2.87. The van der Waals surface area contributed by atoms with Crippen molar-refractivity contribution in [1.29, 1.82) is 0 Å². The average molecular weight is 298 g/mol. The molecular formula is C19H28N3+. The largest absolute Gasteiger partial charge is 0.399 e. The number of anilines is 2. The van der Waals surface area contributed by atoms with Crippen molar-refractivity contribution in [3.05, 3.63) is 59.7 Å². The van der Waals surface area contributed by atoms with Crippen molar-refractivity contribution in [1.82, 2.24) is 0 Å². The van der Waals surface area contributed by atoms with E-state index >= 15 is 0 Å². The number of hydrogen-bond acceptors (Lipinski definition) is 2. The van der Waals surface area contributed by atoms with Crippen LogP contribution in [0.25, 0.3) is 0 Å². The lowest BCUT2D eigenvalue weighted by Gasteiger charge is -2.33. The van der Waals surface area contributed by atoms with E-state index in [0.29, 0.717) is 0 Å². The van der Waals surface area contributed by atoms with Crippen molar-refractivity contribution in [2.24, 2.45) is 0 Å². The molecule has 0 aliphatic heterocycles. The third-order valence-electron chi connectivity index (χ3n) is 4.48. The van der Waals surface area contributed by atoms with Gasteiger partial charge in [-0.15, -0.1) is 0 Å². The summed E-state index contributed by atoms with van der Waals surface area (Å²) in [7, 11) is 2.33. The molecule has 0 bridgehead atoms. The first-order valence-electron chi connectivity index (χ1n) is 8.04. The molecule has 22 heavy (non-hydrogen) atoms. The van der Waals surface area contributed by atoms with Crippen LogP contribution in [0.4, 0.5) is 11.4 Å². The Morgan fingerprint density at radius 3 is 2.41 bits per heavy atom. The third kappa shape index (κ3) is 4.50. The zero-order valence-corrected chi connectivity index (χ0v) is 13.8. The number of benzene rings is 2. The summed E-state index contributed by atoms with van der Waals surface area (Å²) in [6.07, 6.45) is 2.10. The van der Waals surface area contributed by atoms with Gasteiger partial charge in [-0.05, 0) is 37.1 Å². The van der Waals surface area contributed by atoms with E-state index in [1.54, 1.807) is 0 Å². The van der Waals surface area contributed by atoms with Gasteiger partial charge in [0, 0.05) is 23.4 Å². The summed E-state index contributed by atoms with van der Waals surface area (Å²) in [5, 5.41) is 0. The van der Waals surface area contributed by atoms with Gasteiger partial charge in [-0.1, -0.05) is 30.3 Å². The Bertz CT molecular complexity index is 595. The second-order valence-corrected chi connectivity index (χ2v) is 6.36. The lowest BCUT2D eigenvalue weighted by Crippen LogP contribution is -2.43. The fraction of sp³-hybridized carbons (Fsp3) is 0.368. The molecule has 3 nitrogen and oxygen atoms in total. The molecule has 0 radical (unpaired) electrons. The zero-order chi connectivity index (χ0) is 16.0. The lowest BCUT2D eigenvalue weighted by atomic mass is 10.1. The molecule has 0 saturated carbocycles. The van der Waals surface area contributed by atoms with E-state index in [2.05, 4.69) is 44.3 Å². The van der Waals surface area contributed by atoms with Crippen LogP contribution in [-0.2, 0) is 13.0 Å². The standard InChI is InChI=1S/C19H28N3/c1-3-22(2,15-16-8-5-4-6-9-16)13-7-10-17-14-18(20)11-12-19(17)21/h4-6,8-9,11-12,14H,3,7,10,13,15,20-21H2,1-2H3/q+1. The van der Waals surface area contributed by atoms with Crippen LogP contribution in [0.5, 0.6) is 0 Å². The summed E-state index contributed by atoms with van der Waals surface area (Å²) >= 11 is 0. The van der Waals surface area contributed by atoms with Crippen molar-refractivity contribution in [3.8, 4) is 0 Å². The van der Waals surface area contributed by atoms with E-state index < -0.39 is 0 Å². The predicted octanol–water partition coefficient (Wildman–Crippen LogP) is 3.45. The first kappa shape index (κ1) is 16.4. The van der Waals surface area contributed by atoms with Crippen LogP contribution >= 0.6 is 0 Å². The second kappa shape index (κ2) is 7.32. The number of hydrogen-bond donors (Lipinski definition) is 2. The molecule has 118 valence electrons. The smallest absolute Gasteiger partial charge is 0.104 e. The number of nitrogens with zero attached hydrogens (tertiary/aromatic N) is 1. The molecule has 0 saturated heterocycles. The first-order valence-corrected chi connectivity index (χ1v) is 8.04. The van der Waals surface area contributed by atoms with Crippen molar-refractivity contribution >= 4 is 11.4 Å². The van der Waals surface area contributed by atoms with Gasteiger partial charge < -0.3 is 16.0 Å². The topological polar surface area (TPSA) is 52.0 Å². The molecule has 2 aromatic carbocycles. The molecule has 0 amide bonds. The Morgan fingerprint density at radius 1 is 1.00 bits per heavy atom. The lowest BCUT2D eigenvalue weighted by molar-refractivity contribution is -0.921. The maximum atomic E-state index is 6.03. The van der Waals surface area contributed by atoms with Crippen LogP contribution in [0.3, 0.4) is 0 Å². The molecule has 1 unspecified atom stereocenters. The number of nitrogen functional groups attached to an aromatic ring is 2. The monoisotopic (exact) mass is 298 g/mol. The minimum atomic E-state index is 0.793.